The predicted molar refractivity (Wildman–Crippen MR) is 171 cm³/mol. The summed E-state index contributed by atoms with van der Waals surface area (Å²) in [5.41, 5.74) is 3.18. The Kier molecular flexibility index (Phi) is 12.2. The molecule has 0 aromatic heterocycles. The van der Waals surface area contributed by atoms with Gasteiger partial charge in [0.2, 0.25) is 0 Å². The second kappa shape index (κ2) is 14.8. The topological polar surface area (TPSA) is 93.1 Å². The largest absolute Gasteiger partial charge is 0.393 e. The summed E-state index contributed by atoms with van der Waals surface area (Å²) < 4.78 is 25.4. The van der Waals surface area contributed by atoms with Crippen LogP contribution in [0.3, 0.4) is 0 Å². The van der Waals surface area contributed by atoms with Crippen LogP contribution < -0.4 is 0 Å². The molecule has 0 aromatic carbocycles. The van der Waals surface area contributed by atoms with Crippen molar-refractivity contribution in [2.45, 2.75) is 103 Å². The summed E-state index contributed by atoms with van der Waals surface area (Å²) in [6.07, 6.45) is 16.6. The summed E-state index contributed by atoms with van der Waals surface area (Å²) >= 11 is 0. The van der Waals surface area contributed by atoms with E-state index in [-0.39, 0.29) is 43.2 Å². The molecule has 0 radical (unpaired) electrons. The van der Waals surface area contributed by atoms with Crippen molar-refractivity contribution in [3.05, 3.63) is 72.9 Å². The molecule has 3 aliphatic carbocycles. The zero-order chi connectivity index (χ0) is 31.1. The number of ketones is 1. The van der Waals surface area contributed by atoms with E-state index >= 15 is 0 Å². The average Bonchev–Trinajstić information content (AvgIpc) is 3.30. The molecule has 0 aliphatic heterocycles. The molecular weight excluding hydrogens is 547 g/mol. The minimum atomic E-state index is -3.81. The van der Waals surface area contributed by atoms with E-state index in [0.29, 0.717) is 30.3 Å². The Bertz CT molecular complexity index is 1130. The van der Waals surface area contributed by atoms with Gasteiger partial charge in [0.25, 0.3) is 0 Å². The van der Waals surface area contributed by atoms with Gasteiger partial charge in [-0.05, 0) is 106 Å². The number of carbonyl (C=O) groups excluding carboxylic acids is 1. The maximum atomic E-state index is 14.0. The second-order valence-electron chi connectivity index (χ2n) is 12.6. The van der Waals surface area contributed by atoms with Gasteiger partial charge >= 0.3 is 7.60 Å². The Balaban J connectivity index is 1.85. The van der Waals surface area contributed by atoms with E-state index < -0.39 is 25.0 Å². The van der Waals surface area contributed by atoms with E-state index in [4.69, 9.17) is 9.05 Å². The van der Waals surface area contributed by atoms with Crippen LogP contribution in [-0.2, 0) is 18.4 Å². The summed E-state index contributed by atoms with van der Waals surface area (Å²) in [5.74, 6) is 0.721. The molecule has 0 bridgehead atoms. The van der Waals surface area contributed by atoms with Crippen LogP contribution >= 0.6 is 7.60 Å². The number of carbonyl (C=O) groups is 1. The van der Waals surface area contributed by atoms with E-state index in [1.807, 2.05) is 6.08 Å². The fraction of sp³-hybridized carbons (Fsp3) is 0.629. The van der Waals surface area contributed by atoms with E-state index in [0.717, 1.165) is 37.7 Å². The SMILES string of the molecule is C=CCC(CC=C)(C(=O)/C=C/[C@@H](C)[C@H]1CCC2/C(=C/C=C3/C[C@@H](O)C[C@H](O)C3=C)CCC[C@@]21C)P(=O)(OCC)OCC. The summed E-state index contributed by atoms with van der Waals surface area (Å²) in [7, 11) is -3.81. The number of rotatable bonds is 14. The molecule has 3 aliphatic rings. The van der Waals surface area contributed by atoms with Gasteiger partial charge in [-0.3, -0.25) is 9.36 Å². The van der Waals surface area contributed by atoms with Crippen molar-refractivity contribution >= 4 is 13.4 Å². The van der Waals surface area contributed by atoms with Crippen LogP contribution in [0.5, 0.6) is 0 Å². The highest BCUT2D eigenvalue weighted by molar-refractivity contribution is 7.57. The fourth-order valence-corrected chi connectivity index (χ4v) is 10.2. The highest BCUT2D eigenvalue weighted by Crippen LogP contribution is 2.64. The third-order valence-electron chi connectivity index (χ3n) is 10.0. The molecule has 0 amide bonds. The molecule has 6 atom stereocenters. The Morgan fingerprint density at radius 3 is 2.38 bits per heavy atom. The van der Waals surface area contributed by atoms with Crippen molar-refractivity contribution in [3.8, 4) is 0 Å². The van der Waals surface area contributed by atoms with Gasteiger partial charge in [-0.2, -0.15) is 0 Å². The molecule has 3 fully saturated rings. The molecule has 2 N–H and O–H groups in total. The van der Waals surface area contributed by atoms with Gasteiger partial charge in [-0.25, -0.2) is 0 Å². The molecular formula is C35H53O6P. The third kappa shape index (κ3) is 6.94. The number of fused-ring (bicyclic) bond motifs is 1. The second-order valence-corrected chi connectivity index (χ2v) is 15.0. The summed E-state index contributed by atoms with van der Waals surface area (Å²) in [5, 5.41) is 19.0. The van der Waals surface area contributed by atoms with Crippen LogP contribution in [0.2, 0.25) is 0 Å². The lowest BCUT2D eigenvalue weighted by Gasteiger charge is -2.44. The van der Waals surface area contributed by atoms with Gasteiger partial charge in [-0.1, -0.05) is 56.4 Å². The van der Waals surface area contributed by atoms with Gasteiger partial charge in [-0.15, -0.1) is 13.2 Å². The third-order valence-corrected chi connectivity index (χ3v) is 12.9. The van der Waals surface area contributed by atoms with Crippen molar-refractivity contribution in [1.82, 2.24) is 0 Å². The maximum Gasteiger partial charge on any atom is 0.345 e. The maximum absolute atomic E-state index is 14.0. The molecule has 0 aromatic rings. The molecule has 0 spiro atoms. The first kappa shape index (κ1) is 34.7. The van der Waals surface area contributed by atoms with E-state index in [1.54, 1.807) is 32.1 Å². The van der Waals surface area contributed by atoms with Crippen molar-refractivity contribution in [3.63, 3.8) is 0 Å². The van der Waals surface area contributed by atoms with Crippen LogP contribution in [0.25, 0.3) is 0 Å². The monoisotopic (exact) mass is 600 g/mol. The summed E-state index contributed by atoms with van der Waals surface area (Å²) in [6, 6.07) is 0. The molecule has 6 nitrogen and oxygen atoms in total. The molecule has 234 valence electrons. The van der Waals surface area contributed by atoms with Crippen molar-refractivity contribution in [2.75, 3.05) is 13.2 Å². The van der Waals surface area contributed by atoms with Gasteiger partial charge in [0.1, 0.15) is 5.16 Å². The van der Waals surface area contributed by atoms with Crippen LogP contribution in [0.4, 0.5) is 0 Å². The smallest absolute Gasteiger partial charge is 0.345 e. The number of allylic oxidation sites excluding steroid dienone is 7. The standard InChI is InChI=1S/C35H53O6P/c1-8-20-35(21-9-2,42(39,40-10-3)41-11-4)33(38)19-14-25(5)30-17-18-31-27(13-12-22-34(30,31)7)15-16-28-23-29(36)24-32(37)26(28)6/h8-9,14-16,19,25,29-32,36-37H,1-2,6,10-13,17-18,20-24H2,3-5,7H3/b19-14+,27-15+,28-16-/t25-,29-,30-,31?,32+,34-/m1/s1. The predicted octanol–water partition coefficient (Wildman–Crippen LogP) is 8.05. The lowest BCUT2D eigenvalue weighted by atomic mass is 9.61. The number of hydrogen-bond donors (Lipinski definition) is 2. The average molecular weight is 601 g/mol. The lowest BCUT2D eigenvalue weighted by Crippen LogP contribution is -2.39. The van der Waals surface area contributed by atoms with E-state index in [1.165, 1.54) is 5.57 Å². The highest BCUT2D eigenvalue weighted by Gasteiger charge is 2.54. The molecule has 42 heavy (non-hydrogen) atoms. The fourth-order valence-electron chi connectivity index (χ4n) is 7.88. The zero-order valence-electron chi connectivity index (χ0n) is 26.2. The number of aliphatic hydroxyl groups excluding tert-OH is 2. The van der Waals surface area contributed by atoms with Crippen molar-refractivity contribution in [2.24, 2.45) is 23.2 Å². The molecule has 3 saturated carbocycles. The van der Waals surface area contributed by atoms with Gasteiger partial charge < -0.3 is 19.3 Å². The Hall–Kier alpha value is -1.82. The van der Waals surface area contributed by atoms with Gasteiger partial charge in [0, 0.05) is 6.42 Å². The van der Waals surface area contributed by atoms with E-state index in [9.17, 15) is 19.6 Å². The first-order chi connectivity index (χ1) is 19.9. The van der Waals surface area contributed by atoms with Gasteiger partial charge in [0.15, 0.2) is 5.78 Å². The van der Waals surface area contributed by atoms with Crippen molar-refractivity contribution < 1.29 is 28.6 Å². The minimum absolute atomic E-state index is 0.100. The quantitative estimate of drug-likeness (QED) is 0.119. The van der Waals surface area contributed by atoms with Crippen LogP contribution in [0, 0.1) is 23.2 Å². The molecule has 1 unspecified atom stereocenters. The number of aliphatic hydroxyl groups is 2. The first-order valence-corrected chi connectivity index (χ1v) is 17.3. The molecule has 7 heteroatoms. The lowest BCUT2D eigenvalue weighted by molar-refractivity contribution is -0.117. The zero-order valence-corrected chi connectivity index (χ0v) is 27.1. The summed E-state index contributed by atoms with van der Waals surface area (Å²) in [6.45, 7) is 20.2. The molecule has 3 rings (SSSR count). The van der Waals surface area contributed by atoms with E-state index in [2.05, 4.69) is 45.7 Å². The molecule has 0 heterocycles. The van der Waals surface area contributed by atoms with Crippen LogP contribution in [0.1, 0.15) is 85.5 Å². The summed E-state index contributed by atoms with van der Waals surface area (Å²) in [4.78, 5) is 13.9. The first-order valence-electron chi connectivity index (χ1n) is 15.7. The Morgan fingerprint density at radius 1 is 1.14 bits per heavy atom. The Morgan fingerprint density at radius 2 is 1.79 bits per heavy atom. The van der Waals surface area contributed by atoms with Gasteiger partial charge in [0.05, 0.1) is 25.4 Å². The Labute approximate surface area is 253 Å². The van der Waals surface area contributed by atoms with Crippen LogP contribution in [-0.4, -0.2) is 46.6 Å². The normalized spacial score (nSPS) is 31.4. The minimum Gasteiger partial charge on any atom is -0.393 e. The molecule has 0 saturated heterocycles. The van der Waals surface area contributed by atoms with Crippen LogP contribution in [0.15, 0.2) is 72.9 Å². The van der Waals surface area contributed by atoms with Crippen molar-refractivity contribution in [1.29, 1.82) is 0 Å². The number of hydrogen-bond acceptors (Lipinski definition) is 6. The highest BCUT2D eigenvalue weighted by atomic mass is 31.2.